The second-order valence-corrected chi connectivity index (χ2v) is 15.0. The number of carboxylic acids is 1. The number of carbonyl (C=O) groups is 4. The molecule has 4 aromatic rings. The summed E-state index contributed by atoms with van der Waals surface area (Å²) < 4.78 is 4.70. The molecule has 0 saturated carbocycles. The van der Waals surface area contributed by atoms with Crippen LogP contribution >= 0.6 is 0 Å². The molecule has 2 aromatic heterocycles. The smallest absolute Gasteiger partial charge is 0.332 e. The maximum Gasteiger partial charge on any atom is 0.332 e. The van der Waals surface area contributed by atoms with Gasteiger partial charge in [-0.05, 0) is 55.4 Å². The van der Waals surface area contributed by atoms with Gasteiger partial charge >= 0.3 is 11.7 Å². The van der Waals surface area contributed by atoms with Crippen LogP contribution in [0.2, 0.25) is 0 Å². The number of amides is 3. The minimum Gasteiger partial charge on any atom is -0.480 e. The number of aryl methyl sites for hydroxylation is 2. The van der Waals surface area contributed by atoms with Gasteiger partial charge in [-0.15, -0.1) is 0 Å². The number of benzene rings is 2. The van der Waals surface area contributed by atoms with Gasteiger partial charge < -0.3 is 31.1 Å². The lowest BCUT2D eigenvalue weighted by Crippen LogP contribution is -2.48. The zero-order valence-electron chi connectivity index (χ0n) is 33.9. The quantitative estimate of drug-likeness (QED) is 0.0393. The molecule has 0 fully saturated rings. The summed E-state index contributed by atoms with van der Waals surface area (Å²) in [6, 6.07) is 16.7. The summed E-state index contributed by atoms with van der Waals surface area (Å²) in [7, 11) is 0. The van der Waals surface area contributed by atoms with Crippen LogP contribution in [0, 0.1) is 5.41 Å². The molecular formula is C43H56N8O8. The number of unbranched alkanes of at least 4 members (excludes halogenated alkanes) is 3. The molecule has 6 N–H and O–H groups in total. The monoisotopic (exact) mass is 812 g/mol. The molecular weight excluding hydrogens is 757 g/mol. The molecule has 2 aromatic carbocycles. The van der Waals surface area contributed by atoms with E-state index in [1.54, 1.807) is 28.8 Å². The molecule has 3 amide bonds. The Balaban J connectivity index is 1.30. The highest BCUT2D eigenvalue weighted by molar-refractivity contribution is 6.12. The Labute approximate surface area is 342 Å². The molecule has 0 aliphatic carbocycles. The van der Waals surface area contributed by atoms with Gasteiger partial charge in [0.05, 0.1) is 6.10 Å². The normalized spacial score (nSPS) is 14.3. The number of carbonyl (C=O) groups excluding carboxylic acids is 3. The Morgan fingerprint density at radius 2 is 1.53 bits per heavy atom. The van der Waals surface area contributed by atoms with Gasteiger partial charge in [0.15, 0.2) is 16.6 Å². The van der Waals surface area contributed by atoms with Crippen molar-refractivity contribution in [1.82, 2.24) is 28.9 Å². The Bertz CT molecular complexity index is 2230. The van der Waals surface area contributed by atoms with Crippen molar-refractivity contribution >= 4 is 40.5 Å². The topological polar surface area (TPSA) is 224 Å². The summed E-state index contributed by atoms with van der Waals surface area (Å²) in [5.41, 5.74) is 6.08. The highest BCUT2D eigenvalue weighted by atomic mass is 16.4. The number of aliphatic hydroxyl groups is 1. The van der Waals surface area contributed by atoms with Gasteiger partial charge in [-0.1, -0.05) is 75.6 Å². The first-order valence-corrected chi connectivity index (χ1v) is 20.5. The number of rotatable bonds is 24. The first kappa shape index (κ1) is 44.4. The molecule has 316 valence electrons. The predicted molar refractivity (Wildman–Crippen MR) is 224 cm³/mol. The first-order chi connectivity index (χ1) is 28.4. The van der Waals surface area contributed by atoms with Crippen molar-refractivity contribution in [2.45, 2.75) is 97.4 Å². The zero-order chi connectivity index (χ0) is 42.5. The molecule has 0 spiro atoms. The van der Waals surface area contributed by atoms with Gasteiger partial charge in [-0.3, -0.25) is 38.0 Å². The van der Waals surface area contributed by atoms with Crippen molar-refractivity contribution in [3.05, 3.63) is 105 Å². The fraction of sp³-hybridized carbons (Fsp3) is 0.465. The Morgan fingerprint density at radius 3 is 2.17 bits per heavy atom. The fourth-order valence-electron chi connectivity index (χ4n) is 7.26. The van der Waals surface area contributed by atoms with Crippen LogP contribution in [0.25, 0.3) is 11.2 Å². The average Bonchev–Trinajstić information content (AvgIpc) is 3.75. The van der Waals surface area contributed by atoms with Crippen LogP contribution in [-0.2, 0) is 51.7 Å². The van der Waals surface area contributed by atoms with Crippen LogP contribution in [0.3, 0.4) is 0 Å². The third-order valence-electron chi connectivity index (χ3n) is 10.9. The molecule has 2 atom stereocenters. The third kappa shape index (κ3) is 10.7. The second-order valence-electron chi connectivity index (χ2n) is 15.0. The second kappa shape index (κ2) is 20.8. The van der Waals surface area contributed by atoms with Crippen LogP contribution in [-0.4, -0.2) is 89.8 Å². The number of nitrogens with one attached hydrogen (secondary N) is 2. The predicted octanol–water partition coefficient (Wildman–Crippen LogP) is 2.81. The molecule has 1 aliphatic rings. The van der Waals surface area contributed by atoms with Crippen LogP contribution in [0.4, 0.5) is 5.69 Å². The SMILES string of the molecule is CCCn1c(=O)c2c(nc(Cc3ccccc3)n2CCNCC(O)CC)n(CCc2ccc(NC(=O)C(CN)(CCCCCCN3C(=O)C=CC3=O)C(=O)O)cc2)c1=O. The molecule has 16 heteroatoms. The van der Waals surface area contributed by atoms with E-state index in [4.69, 9.17) is 10.7 Å². The molecule has 16 nitrogen and oxygen atoms in total. The van der Waals surface area contributed by atoms with Crippen molar-refractivity contribution in [2.75, 3.05) is 31.5 Å². The summed E-state index contributed by atoms with van der Waals surface area (Å²) in [5.74, 6) is -2.10. The van der Waals surface area contributed by atoms with Gasteiger partial charge in [0, 0.05) is 70.1 Å². The van der Waals surface area contributed by atoms with Gasteiger partial charge in [0.2, 0.25) is 5.91 Å². The van der Waals surface area contributed by atoms with E-state index in [0.717, 1.165) is 16.0 Å². The van der Waals surface area contributed by atoms with Crippen molar-refractivity contribution in [2.24, 2.45) is 11.1 Å². The van der Waals surface area contributed by atoms with Crippen LogP contribution in [0.15, 0.2) is 76.3 Å². The zero-order valence-corrected chi connectivity index (χ0v) is 33.9. The lowest BCUT2D eigenvalue weighted by Gasteiger charge is -2.27. The van der Waals surface area contributed by atoms with Crippen LogP contribution in [0.5, 0.6) is 0 Å². The van der Waals surface area contributed by atoms with E-state index in [9.17, 15) is 39.0 Å². The van der Waals surface area contributed by atoms with E-state index in [1.807, 2.05) is 48.7 Å². The summed E-state index contributed by atoms with van der Waals surface area (Å²) in [6.45, 7) is 5.42. The van der Waals surface area contributed by atoms with Crippen molar-refractivity contribution in [3.8, 4) is 0 Å². The molecule has 0 saturated heterocycles. The van der Waals surface area contributed by atoms with E-state index in [-0.39, 0.29) is 37.9 Å². The third-order valence-corrected chi connectivity index (χ3v) is 10.9. The number of nitrogens with two attached hydrogens (primary N) is 1. The summed E-state index contributed by atoms with van der Waals surface area (Å²) in [5, 5.41) is 26.2. The number of aliphatic hydroxyl groups excluding tert-OH is 1. The number of carboxylic acid groups (broad SMARTS) is 1. The lowest BCUT2D eigenvalue weighted by atomic mass is 9.81. The number of fused-ring (bicyclic) bond motifs is 1. The Hall–Kier alpha value is -5.71. The first-order valence-electron chi connectivity index (χ1n) is 20.5. The van der Waals surface area contributed by atoms with E-state index in [1.165, 1.54) is 16.7 Å². The van der Waals surface area contributed by atoms with Gasteiger partial charge in [0.25, 0.3) is 17.4 Å². The highest BCUT2D eigenvalue weighted by Gasteiger charge is 2.44. The van der Waals surface area contributed by atoms with Crippen LogP contribution in [0.1, 0.15) is 75.7 Å². The maximum atomic E-state index is 14.0. The molecule has 0 radical (unpaired) electrons. The van der Waals surface area contributed by atoms with E-state index in [2.05, 4.69) is 10.6 Å². The summed E-state index contributed by atoms with van der Waals surface area (Å²) >= 11 is 0. The molecule has 2 unspecified atom stereocenters. The summed E-state index contributed by atoms with van der Waals surface area (Å²) in [6.07, 6.45) is 6.20. The largest absolute Gasteiger partial charge is 0.480 e. The van der Waals surface area contributed by atoms with E-state index < -0.39 is 41.2 Å². The molecule has 5 rings (SSSR count). The highest BCUT2D eigenvalue weighted by Crippen LogP contribution is 2.28. The lowest BCUT2D eigenvalue weighted by molar-refractivity contribution is -0.154. The minimum atomic E-state index is -1.85. The van der Waals surface area contributed by atoms with Crippen LogP contribution < -0.4 is 27.6 Å². The fourth-order valence-corrected chi connectivity index (χ4v) is 7.26. The molecule has 59 heavy (non-hydrogen) atoms. The number of anilines is 1. The maximum absolute atomic E-state index is 14.0. The Kier molecular flexibility index (Phi) is 15.7. The average molecular weight is 813 g/mol. The van der Waals surface area contributed by atoms with E-state index in [0.29, 0.717) is 93.7 Å². The van der Waals surface area contributed by atoms with E-state index >= 15 is 0 Å². The molecule has 1 aliphatic heterocycles. The number of nitrogens with zero attached hydrogens (tertiary/aromatic N) is 5. The number of imide groups is 1. The minimum absolute atomic E-state index is 0.0105. The van der Waals surface area contributed by atoms with Gasteiger partial charge in [-0.2, -0.15) is 0 Å². The number of aliphatic carboxylic acids is 1. The molecule has 3 heterocycles. The number of hydrogen-bond donors (Lipinski definition) is 5. The Morgan fingerprint density at radius 1 is 0.831 bits per heavy atom. The van der Waals surface area contributed by atoms with Crippen molar-refractivity contribution < 1.29 is 29.4 Å². The van der Waals surface area contributed by atoms with Crippen molar-refractivity contribution in [1.29, 1.82) is 0 Å². The number of hydrogen-bond acceptors (Lipinski definition) is 10. The van der Waals surface area contributed by atoms with Gasteiger partial charge in [-0.25, -0.2) is 9.78 Å². The number of aromatic nitrogens is 4. The van der Waals surface area contributed by atoms with Gasteiger partial charge in [0.1, 0.15) is 5.82 Å². The standard InChI is InChI=1S/C43H56N8O8/c1-3-23-51-39(55)37-38(47-34(27-31-12-8-7-9-13-31)48(37)26-22-45-28-33(52)4-2)50(42(51)59)25-20-30-14-16-32(17-15-30)46-40(56)43(29-44,41(57)58)21-10-5-6-11-24-49-35(53)18-19-36(49)54/h7-9,12-19,33,45,52H,3-6,10-11,20-29,44H2,1-2H3,(H,46,56)(H,57,58). The summed E-state index contributed by atoms with van der Waals surface area (Å²) in [4.78, 5) is 83.4. The van der Waals surface area contributed by atoms with Crippen molar-refractivity contribution in [3.63, 3.8) is 0 Å². The number of imidazole rings is 1. The molecule has 0 bridgehead atoms.